The van der Waals surface area contributed by atoms with Gasteiger partial charge in [-0.25, -0.2) is 4.98 Å². The standard InChI is InChI=1S/C29H30ClN5O/c1-18(2)33-25-7-5-6-8-26(25)35-27-16-28(32-17-24(27)30)34-22-13-14-23(19(3)15-22)20-9-11-21(12-10-20)29(36)31-4/h5-18,33H,1-4H3,(H,31,36)(H2,32,34,35). The number of pyridine rings is 1. The van der Waals surface area contributed by atoms with Crippen LogP contribution in [0.2, 0.25) is 5.02 Å². The number of amides is 1. The number of hydrogen-bond donors (Lipinski definition) is 4. The maximum atomic E-state index is 11.8. The van der Waals surface area contributed by atoms with Crippen molar-refractivity contribution in [1.29, 1.82) is 0 Å². The number of aryl methyl sites for hydroxylation is 1. The molecule has 1 aromatic heterocycles. The molecule has 4 rings (SSSR count). The second-order valence-corrected chi connectivity index (χ2v) is 9.24. The molecule has 0 aliphatic rings. The van der Waals surface area contributed by atoms with Crippen molar-refractivity contribution in [2.45, 2.75) is 26.8 Å². The highest BCUT2D eigenvalue weighted by Gasteiger charge is 2.10. The lowest BCUT2D eigenvalue weighted by Crippen LogP contribution is -2.17. The van der Waals surface area contributed by atoms with Crippen LogP contribution in [0.4, 0.5) is 28.6 Å². The number of carbonyl (C=O) groups is 1. The Morgan fingerprint density at radius 1 is 0.889 bits per heavy atom. The number of benzene rings is 3. The minimum atomic E-state index is -0.0955. The summed E-state index contributed by atoms with van der Waals surface area (Å²) in [7, 11) is 1.63. The molecule has 3 aromatic carbocycles. The van der Waals surface area contributed by atoms with Gasteiger partial charge in [-0.15, -0.1) is 0 Å². The van der Waals surface area contributed by atoms with Crippen molar-refractivity contribution in [3.63, 3.8) is 0 Å². The first-order valence-electron chi connectivity index (χ1n) is 11.8. The van der Waals surface area contributed by atoms with Crippen LogP contribution in [0, 0.1) is 6.92 Å². The van der Waals surface area contributed by atoms with Gasteiger partial charge < -0.3 is 21.3 Å². The van der Waals surface area contributed by atoms with Gasteiger partial charge in [0, 0.05) is 30.4 Å². The minimum Gasteiger partial charge on any atom is -0.381 e. The molecule has 4 N–H and O–H groups in total. The lowest BCUT2D eigenvalue weighted by Gasteiger charge is -2.17. The molecule has 0 spiro atoms. The van der Waals surface area contributed by atoms with E-state index in [4.69, 9.17) is 11.6 Å². The summed E-state index contributed by atoms with van der Waals surface area (Å²) in [6.45, 7) is 6.27. The van der Waals surface area contributed by atoms with E-state index in [1.165, 1.54) is 0 Å². The smallest absolute Gasteiger partial charge is 0.251 e. The zero-order valence-corrected chi connectivity index (χ0v) is 21.6. The zero-order chi connectivity index (χ0) is 25.7. The summed E-state index contributed by atoms with van der Waals surface area (Å²) in [6, 6.07) is 24.0. The summed E-state index contributed by atoms with van der Waals surface area (Å²) >= 11 is 6.46. The van der Waals surface area contributed by atoms with Crippen LogP contribution in [-0.4, -0.2) is 24.0 Å². The number of aromatic nitrogens is 1. The second kappa shape index (κ2) is 11.1. The zero-order valence-electron chi connectivity index (χ0n) is 20.8. The molecule has 0 unspecified atom stereocenters. The van der Waals surface area contributed by atoms with E-state index >= 15 is 0 Å². The average molecular weight is 500 g/mol. The average Bonchev–Trinajstić information content (AvgIpc) is 2.87. The summed E-state index contributed by atoms with van der Waals surface area (Å²) in [5, 5.41) is 13.4. The minimum absolute atomic E-state index is 0.0955. The van der Waals surface area contributed by atoms with E-state index in [0.29, 0.717) is 22.4 Å². The van der Waals surface area contributed by atoms with Crippen molar-refractivity contribution < 1.29 is 4.79 Å². The summed E-state index contributed by atoms with van der Waals surface area (Å²) < 4.78 is 0. The van der Waals surface area contributed by atoms with Gasteiger partial charge in [-0.05, 0) is 73.9 Å². The van der Waals surface area contributed by atoms with Gasteiger partial charge in [-0.3, -0.25) is 4.79 Å². The second-order valence-electron chi connectivity index (χ2n) is 8.83. The first-order valence-corrected chi connectivity index (χ1v) is 12.2. The number of anilines is 5. The van der Waals surface area contributed by atoms with E-state index in [2.05, 4.69) is 59.2 Å². The Morgan fingerprint density at radius 3 is 2.28 bits per heavy atom. The molecular formula is C29H30ClN5O. The van der Waals surface area contributed by atoms with Crippen LogP contribution in [0.3, 0.4) is 0 Å². The van der Waals surface area contributed by atoms with Crippen molar-refractivity contribution in [3.8, 4) is 11.1 Å². The predicted octanol–water partition coefficient (Wildman–Crippen LogP) is 7.38. The van der Waals surface area contributed by atoms with Gasteiger partial charge in [0.15, 0.2) is 0 Å². The van der Waals surface area contributed by atoms with Gasteiger partial charge in [0.1, 0.15) is 5.82 Å². The third kappa shape index (κ3) is 5.96. The maximum absolute atomic E-state index is 11.8. The summed E-state index contributed by atoms with van der Waals surface area (Å²) in [5.74, 6) is 0.583. The van der Waals surface area contributed by atoms with Crippen LogP contribution in [0.15, 0.2) is 79.0 Å². The van der Waals surface area contributed by atoms with Gasteiger partial charge in [0.25, 0.3) is 5.91 Å². The molecule has 0 radical (unpaired) electrons. The van der Waals surface area contributed by atoms with E-state index in [0.717, 1.165) is 39.4 Å². The Hall–Kier alpha value is -4.03. The lowest BCUT2D eigenvalue weighted by atomic mass is 9.99. The molecule has 36 heavy (non-hydrogen) atoms. The third-order valence-corrected chi connectivity index (χ3v) is 5.98. The number of rotatable bonds is 8. The summed E-state index contributed by atoms with van der Waals surface area (Å²) in [5.41, 5.74) is 7.52. The highest BCUT2D eigenvalue weighted by Crippen LogP contribution is 2.32. The van der Waals surface area contributed by atoms with Crippen molar-refractivity contribution in [3.05, 3.63) is 95.1 Å². The highest BCUT2D eigenvalue weighted by atomic mass is 35.5. The van der Waals surface area contributed by atoms with Crippen LogP contribution in [0.1, 0.15) is 29.8 Å². The van der Waals surface area contributed by atoms with Crippen LogP contribution in [-0.2, 0) is 0 Å². The highest BCUT2D eigenvalue weighted by molar-refractivity contribution is 6.33. The van der Waals surface area contributed by atoms with E-state index in [9.17, 15) is 4.79 Å². The molecule has 0 saturated heterocycles. The van der Waals surface area contributed by atoms with Gasteiger partial charge in [0.2, 0.25) is 0 Å². The molecule has 0 fully saturated rings. The number of carbonyl (C=O) groups excluding carboxylic acids is 1. The first-order chi connectivity index (χ1) is 17.3. The monoisotopic (exact) mass is 499 g/mol. The van der Waals surface area contributed by atoms with Crippen LogP contribution >= 0.6 is 11.6 Å². The molecular weight excluding hydrogens is 470 g/mol. The van der Waals surface area contributed by atoms with Crippen molar-refractivity contribution in [2.24, 2.45) is 0 Å². The molecule has 6 nitrogen and oxygen atoms in total. The van der Waals surface area contributed by atoms with Gasteiger partial charge in [-0.2, -0.15) is 0 Å². The number of nitrogens with one attached hydrogen (secondary N) is 4. The van der Waals surface area contributed by atoms with Gasteiger partial charge in [0.05, 0.1) is 28.3 Å². The Labute approximate surface area is 217 Å². The Bertz CT molecular complexity index is 1370. The van der Waals surface area contributed by atoms with E-state index < -0.39 is 0 Å². The van der Waals surface area contributed by atoms with Crippen molar-refractivity contribution in [1.82, 2.24) is 10.3 Å². The molecule has 4 aromatic rings. The molecule has 0 aliphatic carbocycles. The summed E-state index contributed by atoms with van der Waals surface area (Å²) in [6.07, 6.45) is 1.64. The quantitative estimate of drug-likeness (QED) is 0.203. The number of nitrogens with zero attached hydrogens (tertiary/aromatic N) is 1. The van der Waals surface area contributed by atoms with Crippen molar-refractivity contribution >= 4 is 46.1 Å². The molecule has 0 saturated carbocycles. The Kier molecular flexibility index (Phi) is 7.76. The predicted molar refractivity (Wildman–Crippen MR) is 151 cm³/mol. The van der Waals surface area contributed by atoms with Crippen LogP contribution in [0.25, 0.3) is 11.1 Å². The summed E-state index contributed by atoms with van der Waals surface area (Å²) in [4.78, 5) is 16.3. The van der Waals surface area contributed by atoms with Gasteiger partial charge >= 0.3 is 0 Å². The molecule has 1 heterocycles. The van der Waals surface area contributed by atoms with Crippen LogP contribution in [0.5, 0.6) is 0 Å². The number of hydrogen-bond acceptors (Lipinski definition) is 5. The molecule has 0 aliphatic heterocycles. The fourth-order valence-electron chi connectivity index (χ4n) is 3.94. The molecule has 1 amide bonds. The Morgan fingerprint density at radius 2 is 1.61 bits per heavy atom. The topological polar surface area (TPSA) is 78.1 Å². The molecule has 184 valence electrons. The fourth-order valence-corrected chi connectivity index (χ4v) is 4.09. The SMILES string of the molecule is CNC(=O)c1ccc(-c2ccc(Nc3cc(Nc4ccccc4NC(C)C)c(Cl)cn3)cc2C)cc1. The fraction of sp³-hybridized carbons (Fsp3) is 0.172. The number of halogens is 1. The van der Waals surface area contributed by atoms with Crippen LogP contribution < -0.4 is 21.3 Å². The first kappa shape index (κ1) is 25.1. The molecule has 7 heteroatoms. The normalized spacial score (nSPS) is 10.7. The maximum Gasteiger partial charge on any atom is 0.251 e. The molecule has 0 bridgehead atoms. The lowest BCUT2D eigenvalue weighted by molar-refractivity contribution is 0.0963. The largest absolute Gasteiger partial charge is 0.381 e. The van der Waals surface area contributed by atoms with E-state index in [-0.39, 0.29) is 5.91 Å². The third-order valence-electron chi connectivity index (χ3n) is 5.68. The van der Waals surface area contributed by atoms with E-state index in [1.54, 1.807) is 13.2 Å². The number of para-hydroxylation sites is 2. The van der Waals surface area contributed by atoms with E-state index in [1.807, 2.05) is 60.7 Å². The molecule has 0 atom stereocenters. The van der Waals surface area contributed by atoms with Crippen molar-refractivity contribution in [2.75, 3.05) is 23.0 Å². The van der Waals surface area contributed by atoms with Gasteiger partial charge in [-0.1, -0.05) is 41.9 Å². The Balaban J connectivity index is 1.53.